The highest BCUT2D eigenvalue weighted by Gasteiger charge is 2.29. The molecule has 1 saturated heterocycles. The zero-order valence-electron chi connectivity index (χ0n) is 16.3. The van der Waals surface area contributed by atoms with Crippen molar-refractivity contribution in [1.82, 2.24) is 14.6 Å². The molecule has 156 valence electrons. The van der Waals surface area contributed by atoms with E-state index in [1.807, 2.05) is 24.3 Å². The molecular weight excluding hydrogens is 422 g/mol. The van der Waals surface area contributed by atoms with Crippen molar-refractivity contribution in [3.63, 3.8) is 0 Å². The normalized spacial score (nSPS) is 15.9. The van der Waals surface area contributed by atoms with Gasteiger partial charge in [0.1, 0.15) is 5.15 Å². The van der Waals surface area contributed by atoms with Gasteiger partial charge in [-0.3, -0.25) is 4.79 Å². The van der Waals surface area contributed by atoms with Crippen LogP contribution in [0.15, 0.2) is 65.6 Å². The van der Waals surface area contributed by atoms with Crippen LogP contribution in [0.3, 0.4) is 0 Å². The van der Waals surface area contributed by atoms with Crippen LogP contribution in [0.25, 0.3) is 10.9 Å². The average Bonchev–Trinajstić information content (AvgIpc) is 2.77. The number of amides is 1. The van der Waals surface area contributed by atoms with Gasteiger partial charge in [-0.2, -0.15) is 4.31 Å². The number of hydrogen-bond donors (Lipinski definition) is 1. The van der Waals surface area contributed by atoms with Crippen molar-refractivity contribution in [2.45, 2.75) is 17.7 Å². The number of aromatic nitrogens is 1. The quantitative estimate of drug-likeness (QED) is 0.609. The third-order valence-corrected chi connectivity index (χ3v) is 7.54. The van der Waals surface area contributed by atoms with Crippen LogP contribution in [-0.4, -0.2) is 43.2 Å². The van der Waals surface area contributed by atoms with Gasteiger partial charge >= 0.3 is 0 Å². The molecule has 8 heteroatoms. The smallest absolute Gasteiger partial charge is 0.252 e. The minimum absolute atomic E-state index is 0.199. The molecule has 0 spiro atoms. The number of para-hydroxylation sites is 1. The van der Waals surface area contributed by atoms with Gasteiger partial charge in [0.05, 0.1) is 16.0 Å². The van der Waals surface area contributed by atoms with Crippen LogP contribution in [0.2, 0.25) is 5.15 Å². The molecule has 4 rings (SSSR count). The van der Waals surface area contributed by atoms with E-state index < -0.39 is 10.0 Å². The van der Waals surface area contributed by atoms with E-state index in [2.05, 4.69) is 10.3 Å². The van der Waals surface area contributed by atoms with Gasteiger partial charge in [-0.25, -0.2) is 13.4 Å². The second kappa shape index (κ2) is 8.71. The number of carbonyl (C=O) groups is 1. The number of benzene rings is 2. The lowest BCUT2D eigenvalue weighted by Gasteiger charge is -2.31. The van der Waals surface area contributed by atoms with Crippen LogP contribution in [0.5, 0.6) is 0 Å². The summed E-state index contributed by atoms with van der Waals surface area (Å²) in [5.74, 6) is 0.0228. The summed E-state index contributed by atoms with van der Waals surface area (Å²) in [6, 6.07) is 17.4. The minimum Gasteiger partial charge on any atom is -0.352 e. The van der Waals surface area contributed by atoms with Gasteiger partial charge in [0.15, 0.2) is 0 Å². The molecule has 0 saturated carbocycles. The highest BCUT2D eigenvalue weighted by atomic mass is 35.5. The summed E-state index contributed by atoms with van der Waals surface area (Å²) in [5.41, 5.74) is 1.17. The Kier molecular flexibility index (Phi) is 6.04. The summed E-state index contributed by atoms with van der Waals surface area (Å²) in [6.45, 7) is 1.38. The van der Waals surface area contributed by atoms with Gasteiger partial charge in [-0.05, 0) is 43.0 Å². The highest BCUT2D eigenvalue weighted by molar-refractivity contribution is 7.89. The number of nitrogens with zero attached hydrogens (tertiary/aromatic N) is 2. The first-order valence-electron chi connectivity index (χ1n) is 9.84. The van der Waals surface area contributed by atoms with Gasteiger partial charge < -0.3 is 5.32 Å². The predicted octanol–water partition coefficient (Wildman–Crippen LogP) is 3.72. The second-order valence-electron chi connectivity index (χ2n) is 7.38. The number of sulfonamides is 1. The molecule has 0 unspecified atom stereocenters. The Bertz CT molecular complexity index is 1160. The van der Waals surface area contributed by atoms with Crippen LogP contribution < -0.4 is 5.32 Å². The van der Waals surface area contributed by atoms with Gasteiger partial charge in [-0.1, -0.05) is 48.0 Å². The van der Waals surface area contributed by atoms with E-state index in [1.165, 1.54) is 4.31 Å². The van der Waals surface area contributed by atoms with E-state index in [0.29, 0.717) is 48.5 Å². The molecule has 30 heavy (non-hydrogen) atoms. The topological polar surface area (TPSA) is 79.4 Å². The molecule has 6 nitrogen and oxygen atoms in total. The number of carbonyl (C=O) groups excluding carboxylic acids is 1. The largest absolute Gasteiger partial charge is 0.352 e. The molecule has 1 aliphatic rings. The van der Waals surface area contributed by atoms with Gasteiger partial charge in [0.2, 0.25) is 10.0 Å². The SMILES string of the molecule is O=C(NCC1CCN(S(=O)(=O)c2ccccc2)CC1)c1cc(Cl)nc2ccccc12. The number of nitrogens with one attached hydrogen (secondary N) is 1. The molecule has 1 aromatic heterocycles. The van der Waals surface area contributed by atoms with Crippen molar-refractivity contribution in [1.29, 1.82) is 0 Å². The fourth-order valence-electron chi connectivity index (χ4n) is 3.76. The van der Waals surface area contributed by atoms with Crippen LogP contribution >= 0.6 is 11.6 Å². The molecule has 3 aromatic rings. The Morgan fingerprint density at radius 2 is 1.73 bits per heavy atom. The first-order valence-corrected chi connectivity index (χ1v) is 11.7. The van der Waals surface area contributed by atoms with E-state index >= 15 is 0 Å². The molecule has 1 amide bonds. The number of pyridine rings is 1. The molecular formula is C22H22ClN3O3S. The third-order valence-electron chi connectivity index (χ3n) is 5.44. The first kappa shape index (κ1) is 20.8. The lowest BCUT2D eigenvalue weighted by atomic mass is 9.98. The van der Waals surface area contributed by atoms with Crippen LogP contribution in [0, 0.1) is 5.92 Å². The Labute approximate surface area is 180 Å². The Morgan fingerprint density at radius 1 is 1.07 bits per heavy atom. The molecule has 2 aromatic carbocycles. The molecule has 0 atom stereocenters. The summed E-state index contributed by atoms with van der Waals surface area (Å²) in [6.07, 6.45) is 1.40. The van der Waals surface area contributed by atoms with Crippen molar-refractivity contribution in [2.75, 3.05) is 19.6 Å². The third kappa shape index (κ3) is 4.33. The molecule has 1 fully saturated rings. The predicted molar refractivity (Wildman–Crippen MR) is 117 cm³/mol. The number of halogens is 1. The maximum Gasteiger partial charge on any atom is 0.252 e. The summed E-state index contributed by atoms with van der Waals surface area (Å²) < 4.78 is 27.0. The lowest BCUT2D eigenvalue weighted by Crippen LogP contribution is -2.41. The van der Waals surface area contributed by atoms with Gasteiger partial charge in [-0.15, -0.1) is 0 Å². The molecule has 0 bridgehead atoms. The van der Waals surface area contributed by atoms with E-state index in [1.54, 1.807) is 36.4 Å². The van der Waals surface area contributed by atoms with Gasteiger partial charge in [0.25, 0.3) is 5.91 Å². The summed E-state index contributed by atoms with van der Waals surface area (Å²) in [5, 5.41) is 4.01. The molecule has 1 aliphatic heterocycles. The summed E-state index contributed by atoms with van der Waals surface area (Å²) in [4.78, 5) is 17.3. The number of hydrogen-bond acceptors (Lipinski definition) is 4. The molecule has 1 N–H and O–H groups in total. The van der Waals surface area contributed by atoms with Crippen molar-refractivity contribution in [3.05, 3.63) is 71.4 Å². The average molecular weight is 444 g/mol. The van der Waals surface area contributed by atoms with Crippen molar-refractivity contribution in [2.24, 2.45) is 5.92 Å². The number of piperidine rings is 1. The highest BCUT2D eigenvalue weighted by Crippen LogP contribution is 2.24. The molecule has 2 heterocycles. The Hall–Kier alpha value is -2.48. The monoisotopic (exact) mass is 443 g/mol. The van der Waals surface area contributed by atoms with Crippen LogP contribution in [0.1, 0.15) is 23.2 Å². The van der Waals surface area contributed by atoms with Crippen molar-refractivity contribution in [3.8, 4) is 0 Å². The van der Waals surface area contributed by atoms with Crippen molar-refractivity contribution < 1.29 is 13.2 Å². The molecule has 0 radical (unpaired) electrons. The summed E-state index contributed by atoms with van der Waals surface area (Å²) >= 11 is 6.07. The standard InChI is InChI=1S/C22H22ClN3O3S/c23-21-14-19(18-8-4-5-9-20(18)25-21)22(27)24-15-16-10-12-26(13-11-16)30(28,29)17-6-2-1-3-7-17/h1-9,14,16H,10-13,15H2,(H,24,27). The number of fused-ring (bicyclic) bond motifs is 1. The first-order chi connectivity index (χ1) is 14.4. The second-order valence-corrected chi connectivity index (χ2v) is 9.71. The van der Waals surface area contributed by atoms with E-state index in [0.717, 1.165) is 5.39 Å². The van der Waals surface area contributed by atoms with E-state index in [4.69, 9.17) is 11.6 Å². The summed E-state index contributed by atoms with van der Waals surface area (Å²) in [7, 11) is -3.46. The zero-order chi connectivity index (χ0) is 21.1. The maximum atomic E-state index is 12.8. The number of rotatable bonds is 5. The fraction of sp³-hybridized carbons (Fsp3) is 0.273. The van der Waals surface area contributed by atoms with Gasteiger partial charge in [0, 0.05) is 25.0 Å². The van der Waals surface area contributed by atoms with E-state index in [9.17, 15) is 13.2 Å². The minimum atomic E-state index is -3.46. The van der Waals surface area contributed by atoms with Crippen LogP contribution in [0.4, 0.5) is 0 Å². The fourth-order valence-corrected chi connectivity index (χ4v) is 5.45. The Morgan fingerprint density at radius 3 is 2.47 bits per heavy atom. The zero-order valence-corrected chi connectivity index (χ0v) is 17.9. The molecule has 0 aliphatic carbocycles. The lowest BCUT2D eigenvalue weighted by molar-refractivity contribution is 0.0943. The van der Waals surface area contributed by atoms with E-state index in [-0.39, 0.29) is 17.0 Å². The maximum absolute atomic E-state index is 12.8. The Balaban J connectivity index is 1.37. The van der Waals surface area contributed by atoms with Crippen LogP contribution in [-0.2, 0) is 10.0 Å². The van der Waals surface area contributed by atoms with Crippen molar-refractivity contribution >= 4 is 38.4 Å².